The molecule has 6 nitrogen and oxygen atoms in total. The molecule has 166 valence electrons. The average molecular weight is 443 g/mol. The molecule has 0 spiro atoms. The van der Waals surface area contributed by atoms with Crippen molar-refractivity contribution in [3.05, 3.63) is 59.1 Å². The summed E-state index contributed by atoms with van der Waals surface area (Å²) in [5, 5.41) is 3.66. The minimum Gasteiger partial charge on any atom is -0.368 e. The molecular weight excluding hydrogens is 412 g/mol. The van der Waals surface area contributed by atoms with Crippen LogP contribution in [0.5, 0.6) is 0 Å². The molecule has 1 aliphatic heterocycles. The highest BCUT2D eigenvalue weighted by atomic mass is 35.5. The van der Waals surface area contributed by atoms with E-state index in [9.17, 15) is 9.59 Å². The van der Waals surface area contributed by atoms with Gasteiger partial charge in [-0.15, -0.1) is 0 Å². The maximum Gasteiger partial charge on any atom is 0.321 e. The van der Waals surface area contributed by atoms with Crippen LogP contribution in [0.2, 0.25) is 5.02 Å². The molecule has 3 rings (SSSR count). The van der Waals surface area contributed by atoms with E-state index in [1.54, 1.807) is 24.3 Å². The quantitative estimate of drug-likeness (QED) is 0.659. The highest BCUT2D eigenvalue weighted by Crippen LogP contribution is 2.21. The molecule has 0 bridgehead atoms. The Morgan fingerprint density at radius 3 is 2.19 bits per heavy atom. The number of nitrogens with one attached hydrogen (secondary N) is 1. The lowest BCUT2D eigenvalue weighted by Gasteiger charge is -2.36. The molecule has 0 unspecified atom stereocenters. The van der Waals surface area contributed by atoms with Crippen LogP contribution in [-0.4, -0.2) is 61.0 Å². The number of amides is 3. The number of benzene rings is 2. The fourth-order valence-electron chi connectivity index (χ4n) is 3.78. The van der Waals surface area contributed by atoms with Gasteiger partial charge in [0.25, 0.3) is 5.91 Å². The van der Waals surface area contributed by atoms with E-state index in [0.717, 1.165) is 44.7 Å². The van der Waals surface area contributed by atoms with E-state index in [1.165, 1.54) is 0 Å². The number of hydrogen-bond acceptors (Lipinski definition) is 3. The van der Waals surface area contributed by atoms with Crippen LogP contribution in [0.25, 0.3) is 0 Å². The van der Waals surface area contributed by atoms with Gasteiger partial charge in [0.2, 0.25) is 0 Å². The summed E-state index contributed by atoms with van der Waals surface area (Å²) in [6.07, 6.45) is 1.87. The number of hydrogen-bond donors (Lipinski definition) is 1. The second kappa shape index (κ2) is 11.0. The summed E-state index contributed by atoms with van der Waals surface area (Å²) in [4.78, 5) is 31.3. The number of nitrogens with zero attached hydrogens (tertiary/aromatic N) is 3. The second-order valence-electron chi connectivity index (χ2n) is 7.75. The van der Waals surface area contributed by atoms with Gasteiger partial charge in [0.05, 0.1) is 0 Å². The predicted octanol–water partition coefficient (Wildman–Crippen LogP) is 4.96. The van der Waals surface area contributed by atoms with Gasteiger partial charge in [-0.05, 0) is 55.3 Å². The number of anilines is 2. The summed E-state index contributed by atoms with van der Waals surface area (Å²) in [6.45, 7) is 8.44. The summed E-state index contributed by atoms with van der Waals surface area (Å²) in [5.41, 5.74) is 2.42. The highest BCUT2D eigenvalue weighted by Gasteiger charge is 2.22. The number of piperazine rings is 1. The normalized spacial score (nSPS) is 13.8. The highest BCUT2D eigenvalue weighted by molar-refractivity contribution is 6.30. The van der Waals surface area contributed by atoms with Crippen LogP contribution < -0.4 is 10.2 Å². The molecule has 0 atom stereocenters. The molecule has 1 heterocycles. The maximum atomic E-state index is 12.7. The van der Waals surface area contributed by atoms with E-state index < -0.39 is 0 Å². The second-order valence-corrected chi connectivity index (χ2v) is 8.19. The topological polar surface area (TPSA) is 55.9 Å². The van der Waals surface area contributed by atoms with Crippen molar-refractivity contribution in [2.75, 3.05) is 49.5 Å². The van der Waals surface area contributed by atoms with Crippen LogP contribution in [-0.2, 0) is 0 Å². The Hall–Kier alpha value is -2.73. The van der Waals surface area contributed by atoms with Crippen molar-refractivity contribution in [3.63, 3.8) is 0 Å². The third-order valence-corrected chi connectivity index (χ3v) is 5.63. The van der Waals surface area contributed by atoms with Crippen LogP contribution in [0.15, 0.2) is 48.5 Å². The summed E-state index contributed by atoms with van der Waals surface area (Å²) in [5.74, 6) is 0.0405. The van der Waals surface area contributed by atoms with E-state index in [4.69, 9.17) is 11.6 Å². The monoisotopic (exact) mass is 442 g/mol. The Labute approximate surface area is 189 Å². The Morgan fingerprint density at radius 1 is 0.968 bits per heavy atom. The molecule has 0 aromatic heterocycles. The van der Waals surface area contributed by atoms with Gasteiger partial charge in [0, 0.05) is 61.2 Å². The molecule has 1 saturated heterocycles. The molecule has 31 heavy (non-hydrogen) atoms. The lowest BCUT2D eigenvalue weighted by Crippen LogP contribution is -2.50. The van der Waals surface area contributed by atoms with Gasteiger partial charge in [-0.3, -0.25) is 4.79 Å². The zero-order valence-electron chi connectivity index (χ0n) is 18.3. The number of carbonyl (C=O) groups excluding carboxylic acids is 2. The first-order valence-corrected chi connectivity index (χ1v) is 11.4. The third-order valence-electron chi connectivity index (χ3n) is 5.40. The van der Waals surface area contributed by atoms with Gasteiger partial charge in [-0.25, -0.2) is 4.79 Å². The first-order chi connectivity index (χ1) is 15.0. The van der Waals surface area contributed by atoms with Crippen molar-refractivity contribution in [3.8, 4) is 0 Å². The molecular formula is C24H31ClN4O2. The van der Waals surface area contributed by atoms with Gasteiger partial charge >= 0.3 is 6.03 Å². The van der Waals surface area contributed by atoms with Crippen molar-refractivity contribution in [1.82, 2.24) is 9.80 Å². The molecule has 2 aromatic rings. The molecule has 1 fully saturated rings. The van der Waals surface area contributed by atoms with Gasteiger partial charge < -0.3 is 20.0 Å². The van der Waals surface area contributed by atoms with Crippen molar-refractivity contribution in [2.45, 2.75) is 26.7 Å². The summed E-state index contributed by atoms with van der Waals surface area (Å²) < 4.78 is 0. The van der Waals surface area contributed by atoms with E-state index >= 15 is 0 Å². The smallest absolute Gasteiger partial charge is 0.321 e. The first-order valence-electron chi connectivity index (χ1n) is 11.0. The number of rotatable bonds is 7. The standard InChI is InChI=1S/C24H31ClN4O2/c1-3-12-28(13-4-2)23(30)19-8-10-21(11-9-19)26-24(31)29-16-14-27(15-17-29)22-7-5-6-20(25)18-22/h5-11,18H,3-4,12-17H2,1-2H3,(H,26,31). The molecule has 2 aromatic carbocycles. The fraction of sp³-hybridized carbons (Fsp3) is 0.417. The zero-order chi connectivity index (χ0) is 22.2. The van der Waals surface area contributed by atoms with Gasteiger partial charge in [0.1, 0.15) is 0 Å². The molecule has 0 radical (unpaired) electrons. The van der Waals surface area contributed by atoms with Crippen LogP contribution in [0.3, 0.4) is 0 Å². The minimum absolute atomic E-state index is 0.0405. The zero-order valence-corrected chi connectivity index (χ0v) is 19.1. The maximum absolute atomic E-state index is 12.7. The summed E-state index contributed by atoms with van der Waals surface area (Å²) in [7, 11) is 0. The number of urea groups is 1. The molecule has 1 aliphatic rings. The van der Waals surface area contributed by atoms with E-state index in [1.807, 2.05) is 34.1 Å². The Bertz CT molecular complexity index is 873. The average Bonchev–Trinajstić information content (AvgIpc) is 2.79. The predicted molar refractivity (Wildman–Crippen MR) is 127 cm³/mol. The van der Waals surface area contributed by atoms with Crippen LogP contribution in [0.1, 0.15) is 37.0 Å². The molecule has 0 aliphatic carbocycles. The van der Waals surface area contributed by atoms with E-state index in [0.29, 0.717) is 29.4 Å². The van der Waals surface area contributed by atoms with Gasteiger partial charge in [-0.1, -0.05) is 31.5 Å². The Kier molecular flexibility index (Phi) is 8.18. The Balaban J connectivity index is 1.53. The van der Waals surface area contributed by atoms with Crippen LogP contribution >= 0.6 is 11.6 Å². The fourth-order valence-corrected chi connectivity index (χ4v) is 3.96. The van der Waals surface area contributed by atoms with E-state index in [2.05, 4.69) is 24.1 Å². The van der Waals surface area contributed by atoms with E-state index in [-0.39, 0.29) is 11.9 Å². The van der Waals surface area contributed by atoms with Crippen molar-refractivity contribution in [1.29, 1.82) is 0 Å². The minimum atomic E-state index is -0.122. The lowest BCUT2D eigenvalue weighted by atomic mass is 10.1. The van der Waals surface area contributed by atoms with Crippen molar-refractivity contribution in [2.24, 2.45) is 0 Å². The molecule has 0 saturated carbocycles. The SMILES string of the molecule is CCCN(CCC)C(=O)c1ccc(NC(=O)N2CCN(c3cccc(Cl)c3)CC2)cc1. The number of carbonyl (C=O) groups is 2. The summed E-state index contributed by atoms with van der Waals surface area (Å²) >= 11 is 6.09. The van der Waals surface area contributed by atoms with Crippen molar-refractivity contribution >= 4 is 34.9 Å². The molecule has 7 heteroatoms. The molecule has 1 N–H and O–H groups in total. The van der Waals surface area contributed by atoms with Gasteiger partial charge in [0.15, 0.2) is 0 Å². The van der Waals surface area contributed by atoms with Gasteiger partial charge in [-0.2, -0.15) is 0 Å². The third kappa shape index (κ3) is 6.14. The largest absolute Gasteiger partial charge is 0.368 e. The Morgan fingerprint density at radius 2 is 1.61 bits per heavy atom. The molecule has 3 amide bonds. The number of halogens is 1. The van der Waals surface area contributed by atoms with Crippen LogP contribution in [0.4, 0.5) is 16.2 Å². The summed E-state index contributed by atoms with van der Waals surface area (Å²) in [6, 6.07) is 14.8. The van der Waals surface area contributed by atoms with Crippen molar-refractivity contribution < 1.29 is 9.59 Å². The lowest BCUT2D eigenvalue weighted by molar-refractivity contribution is 0.0755. The first kappa shape index (κ1) is 22.9. The van der Waals surface area contributed by atoms with Crippen LogP contribution in [0, 0.1) is 0 Å².